The van der Waals surface area contributed by atoms with Gasteiger partial charge < -0.3 is 10.6 Å². The Balaban J connectivity index is 2.42. The molecule has 1 aromatic rings. The van der Waals surface area contributed by atoms with Gasteiger partial charge in [0.1, 0.15) is 0 Å². The van der Waals surface area contributed by atoms with E-state index < -0.39 is 0 Å². The van der Waals surface area contributed by atoms with Crippen molar-refractivity contribution in [2.24, 2.45) is 5.73 Å². The highest BCUT2D eigenvalue weighted by Gasteiger charge is 2.31. The lowest BCUT2D eigenvalue weighted by Gasteiger charge is -2.19. The number of carbonyl (C=O) groups excluding carboxylic acids is 1. The SMILES string of the molecule is Cc1cccc(Cl)c1N1CCC(N)C1=O. The van der Waals surface area contributed by atoms with E-state index in [0.717, 1.165) is 11.3 Å². The molecule has 1 atom stereocenters. The molecule has 1 aliphatic heterocycles. The highest BCUT2D eigenvalue weighted by molar-refractivity contribution is 6.34. The molecule has 0 saturated carbocycles. The van der Waals surface area contributed by atoms with Crippen LogP contribution in [0.15, 0.2) is 18.2 Å². The number of benzene rings is 1. The van der Waals surface area contributed by atoms with Crippen molar-refractivity contribution in [1.29, 1.82) is 0 Å². The van der Waals surface area contributed by atoms with E-state index in [2.05, 4.69) is 0 Å². The molecule has 0 radical (unpaired) electrons. The number of amides is 1. The first-order valence-electron chi connectivity index (χ1n) is 4.93. The fourth-order valence-electron chi connectivity index (χ4n) is 1.89. The molecule has 1 heterocycles. The Morgan fingerprint density at radius 2 is 2.27 bits per heavy atom. The minimum atomic E-state index is -0.374. The number of rotatable bonds is 1. The lowest BCUT2D eigenvalue weighted by molar-refractivity contribution is -0.118. The average Bonchev–Trinajstić information content (AvgIpc) is 2.49. The summed E-state index contributed by atoms with van der Waals surface area (Å²) in [7, 11) is 0. The molecule has 1 amide bonds. The third kappa shape index (κ3) is 1.73. The van der Waals surface area contributed by atoms with Crippen molar-refractivity contribution in [3.05, 3.63) is 28.8 Å². The van der Waals surface area contributed by atoms with Crippen molar-refractivity contribution in [2.45, 2.75) is 19.4 Å². The van der Waals surface area contributed by atoms with Crippen molar-refractivity contribution in [2.75, 3.05) is 11.4 Å². The van der Waals surface area contributed by atoms with Crippen molar-refractivity contribution in [3.63, 3.8) is 0 Å². The molecule has 80 valence electrons. The summed E-state index contributed by atoms with van der Waals surface area (Å²) in [6, 6.07) is 5.24. The average molecular weight is 225 g/mol. The molecule has 4 heteroatoms. The summed E-state index contributed by atoms with van der Waals surface area (Å²) in [5, 5.41) is 0.609. The first-order chi connectivity index (χ1) is 7.11. The van der Waals surface area contributed by atoms with Gasteiger partial charge in [0.05, 0.1) is 16.8 Å². The Kier molecular flexibility index (Phi) is 2.67. The number of nitrogens with two attached hydrogens (primary N) is 1. The van der Waals surface area contributed by atoms with E-state index in [1.54, 1.807) is 11.0 Å². The fourth-order valence-corrected chi connectivity index (χ4v) is 2.21. The molecular formula is C11H13ClN2O. The van der Waals surface area contributed by atoms with Crippen LogP contribution in [0.1, 0.15) is 12.0 Å². The molecule has 15 heavy (non-hydrogen) atoms. The smallest absolute Gasteiger partial charge is 0.244 e. The molecule has 0 aliphatic carbocycles. The third-order valence-electron chi connectivity index (χ3n) is 2.71. The van der Waals surface area contributed by atoms with Crippen LogP contribution in [0.2, 0.25) is 5.02 Å². The zero-order valence-corrected chi connectivity index (χ0v) is 9.29. The Morgan fingerprint density at radius 3 is 2.80 bits per heavy atom. The predicted molar refractivity (Wildman–Crippen MR) is 61.1 cm³/mol. The van der Waals surface area contributed by atoms with E-state index in [-0.39, 0.29) is 11.9 Å². The molecule has 0 aromatic heterocycles. The predicted octanol–water partition coefficient (Wildman–Crippen LogP) is 1.71. The van der Waals surface area contributed by atoms with Gasteiger partial charge >= 0.3 is 0 Å². The van der Waals surface area contributed by atoms with Crippen molar-refractivity contribution in [3.8, 4) is 0 Å². The largest absolute Gasteiger partial charge is 0.320 e. The molecule has 1 saturated heterocycles. The van der Waals surface area contributed by atoms with Gasteiger partial charge in [-0.25, -0.2) is 0 Å². The minimum absolute atomic E-state index is 0.0359. The zero-order valence-electron chi connectivity index (χ0n) is 8.53. The molecule has 1 unspecified atom stereocenters. The summed E-state index contributed by atoms with van der Waals surface area (Å²) >= 11 is 6.09. The molecule has 1 fully saturated rings. The van der Waals surface area contributed by atoms with Crippen LogP contribution >= 0.6 is 11.6 Å². The summed E-state index contributed by atoms with van der Waals surface area (Å²) in [6.07, 6.45) is 0.698. The number of para-hydroxylation sites is 1. The van der Waals surface area contributed by atoms with E-state index in [4.69, 9.17) is 17.3 Å². The quantitative estimate of drug-likeness (QED) is 0.790. The van der Waals surface area contributed by atoms with Crippen molar-refractivity contribution >= 4 is 23.2 Å². The van der Waals surface area contributed by atoms with Gasteiger partial charge in [0, 0.05) is 6.54 Å². The number of hydrogen-bond donors (Lipinski definition) is 1. The maximum atomic E-state index is 11.8. The molecule has 1 aliphatic rings. The van der Waals surface area contributed by atoms with Gasteiger partial charge in [0.2, 0.25) is 5.91 Å². The molecule has 3 nitrogen and oxygen atoms in total. The molecule has 0 spiro atoms. The number of carbonyl (C=O) groups is 1. The number of halogens is 1. The van der Waals surface area contributed by atoms with Gasteiger partial charge in [-0.05, 0) is 25.0 Å². The highest BCUT2D eigenvalue weighted by Crippen LogP contribution is 2.32. The number of aryl methyl sites for hydroxylation is 1. The van der Waals surface area contributed by atoms with E-state index in [0.29, 0.717) is 18.0 Å². The first kappa shape index (κ1) is 10.5. The fraction of sp³-hybridized carbons (Fsp3) is 0.364. The van der Waals surface area contributed by atoms with Gasteiger partial charge in [-0.2, -0.15) is 0 Å². The second kappa shape index (κ2) is 3.83. The summed E-state index contributed by atoms with van der Waals surface area (Å²) in [4.78, 5) is 13.4. The molecule has 0 bridgehead atoms. The van der Waals surface area contributed by atoms with Gasteiger partial charge in [-0.1, -0.05) is 23.7 Å². The Bertz CT molecular complexity index is 385. The Labute approximate surface area is 93.8 Å². The van der Waals surface area contributed by atoms with Crippen LogP contribution in [0.25, 0.3) is 0 Å². The van der Waals surface area contributed by atoms with E-state index in [9.17, 15) is 4.79 Å². The van der Waals surface area contributed by atoms with Crippen molar-refractivity contribution < 1.29 is 4.79 Å². The highest BCUT2D eigenvalue weighted by atomic mass is 35.5. The number of nitrogens with zero attached hydrogens (tertiary/aromatic N) is 1. The van der Waals surface area contributed by atoms with Crippen LogP contribution in [0.4, 0.5) is 5.69 Å². The minimum Gasteiger partial charge on any atom is -0.320 e. The first-order valence-corrected chi connectivity index (χ1v) is 5.31. The molecule has 2 rings (SSSR count). The van der Waals surface area contributed by atoms with E-state index in [1.165, 1.54) is 0 Å². The lowest BCUT2D eigenvalue weighted by Crippen LogP contribution is -2.34. The maximum absolute atomic E-state index is 11.8. The maximum Gasteiger partial charge on any atom is 0.244 e. The van der Waals surface area contributed by atoms with Crippen LogP contribution in [0, 0.1) is 6.92 Å². The normalized spacial score (nSPS) is 21.1. The zero-order chi connectivity index (χ0) is 11.0. The van der Waals surface area contributed by atoms with Crippen LogP contribution in [0.5, 0.6) is 0 Å². The Hall–Kier alpha value is -1.06. The van der Waals surface area contributed by atoms with Gasteiger partial charge in [0.25, 0.3) is 0 Å². The van der Waals surface area contributed by atoms with Crippen LogP contribution < -0.4 is 10.6 Å². The summed E-state index contributed by atoms with van der Waals surface area (Å²) in [6.45, 7) is 2.60. The monoisotopic (exact) mass is 224 g/mol. The molecular weight excluding hydrogens is 212 g/mol. The number of hydrogen-bond acceptors (Lipinski definition) is 2. The van der Waals surface area contributed by atoms with Crippen LogP contribution in [-0.2, 0) is 4.79 Å². The summed E-state index contributed by atoms with van der Waals surface area (Å²) in [5.74, 6) is -0.0359. The molecule has 1 aromatic carbocycles. The summed E-state index contributed by atoms with van der Waals surface area (Å²) < 4.78 is 0. The third-order valence-corrected chi connectivity index (χ3v) is 3.01. The summed E-state index contributed by atoms with van der Waals surface area (Å²) in [5.41, 5.74) is 7.48. The Morgan fingerprint density at radius 1 is 1.53 bits per heavy atom. The second-order valence-corrected chi connectivity index (χ2v) is 4.20. The van der Waals surface area contributed by atoms with Crippen molar-refractivity contribution in [1.82, 2.24) is 0 Å². The van der Waals surface area contributed by atoms with Gasteiger partial charge in [-0.3, -0.25) is 4.79 Å². The number of anilines is 1. The van der Waals surface area contributed by atoms with E-state index >= 15 is 0 Å². The lowest BCUT2D eigenvalue weighted by atomic mass is 10.2. The molecule has 2 N–H and O–H groups in total. The topological polar surface area (TPSA) is 46.3 Å². The van der Waals surface area contributed by atoms with Crippen LogP contribution in [-0.4, -0.2) is 18.5 Å². The standard InChI is InChI=1S/C11H13ClN2O/c1-7-3-2-4-8(12)10(7)14-6-5-9(13)11(14)15/h2-4,9H,5-6,13H2,1H3. The van der Waals surface area contributed by atoms with E-state index in [1.807, 2.05) is 19.1 Å². The van der Waals surface area contributed by atoms with Gasteiger partial charge in [0.15, 0.2) is 0 Å². The second-order valence-electron chi connectivity index (χ2n) is 3.79. The van der Waals surface area contributed by atoms with Gasteiger partial charge in [-0.15, -0.1) is 0 Å². The van der Waals surface area contributed by atoms with Crippen LogP contribution in [0.3, 0.4) is 0 Å².